The SMILES string of the molecule is CCC(CC)C(=O)N1CCCC[C@H]1c1nc(N(C)C)ncc1-c1cc(C)no1. The normalized spacial score (nSPS) is 17.2. The van der Waals surface area contributed by atoms with Crippen molar-refractivity contribution < 1.29 is 9.32 Å². The maximum Gasteiger partial charge on any atom is 0.226 e. The fraction of sp³-hybridized carbons (Fsp3) is 0.619. The van der Waals surface area contributed by atoms with Gasteiger partial charge in [-0.25, -0.2) is 9.97 Å². The van der Waals surface area contributed by atoms with E-state index in [0.717, 1.165) is 55.6 Å². The molecule has 0 unspecified atom stereocenters. The molecule has 1 amide bonds. The number of aryl methyl sites for hydroxylation is 1. The Hall–Kier alpha value is -2.44. The van der Waals surface area contributed by atoms with Crippen LogP contribution in [0.25, 0.3) is 11.3 Å². The Morgan fingerprint density at radius 3 is 2.68 bits per heavy atom. The number of hydrogen-bond acceptors (Lipinski definition) is 6. The lowest BCUT2D eigenvalue weighted by molar-refractivity contribution is -0.139. The fourth-order valence-corrected chi connectivity index (χ4v) is 3.89. The second-order valence-corrected chi connectivity index (χ2v) is 7.75. The van der Waals surface area contributed by atoms with Gasteiger partial charge >= 0.3 is 0 Å². The molecule has 1 saturated heterocycles. The molecule has 0 aromatic carbocycles. The highest BCUT2D eigenvalue weighted by Crippen LogP contribution is 2.37. The highest BCUT2D eigenvalue weighted by molar-refractivity contribution is 5.79. The van der Waals surface area contributed by atoms with E-state index < -0.39 is 0 Å². The minimum Gasteiger partial charge on any atom is -0.356 e. The maximum absolute atomic E-state index is 13.3. The van der Waals surface area contributed by atoms with Gasteiger partial charge in [0.05, 0.1) is 23.0 Å². The smallest absolute Gasteiger partial charge is 0.226 e. The van der Waals surface area contributed by atoms with Crippen molar-refractivity contribution in [3.63, 3.8) is 0 Å². The minimum absolute atomic E-state index is 0.0618. The van der Waals surface area contributed by atoms with Gasteiger partial charge in [0.2, 0.25) is 11.9 Å². The largest absolute Gasteiger partial charge is 0.356 e. The second kappa shape index (κ2) is 8.71. The van der Waals surface area contributed by atoms with Crippen LogP contribution in [0.3, 0.4) is 0 Å². The van der Waals surface area contributed by atoms with Crippen LogP contribution in [-0.4, -0.2) is 46.6 Å². The summed E-state index contributed by atoms with van der Waals surface area (Å²) in [5.41, 5.74) is 2.49. The van der Waals surface area contributed by atoms with E-state index in [4.69, 9.17) is 9.51 Å². The summed E-state index contributed by atoms with van der Waals surface area (Å²) in [5, 5.41) is 4.02. The lowest BCUT2D eigenvalue weighted by atomic mass is 9.92. The molecule has 0 aliphatic carbocycles. The van der Waals surface area contributed by atoms with Crippen LogP contribution in [0.15, 0.2) is 16.8 Å². The molecule has 3 heterocycles. The molecular weight excluding hydrogens is 354 g/mol. The Labute approximate surface area is 167 Å². The first kappa shape index (κ1) is 20.3. The number of aromatic nitrogens is 3. The lowest BCUT2D eigenvalue weighted by Crippen LogP contribution is -2.42. The zero-order valence-electron chi connectivity index (χ0n) is 17.6. The van der Waals surface area contributed by atoms with Gasteiger partial charge < -0.3 is 14.3 Å². The Morgan fingerprint density at radius 2 is 2.07 bits per heavy atom. The van der Waals surface area contributed by atoms with Gasteiger partial charge in [0.15, 0.2) is 5.76 Å². The van der Waals surface area contributed by atoms with Crippen molar-refractivity contribution in [2.45, 2.75) is 58.9 Å². The van der Waals surface area contributed by atoms with Crippen molar-refractivity contribution in [1.82, 2.24) is 20.0 Å². The van der Waals surface area contributed by atoms with E-state index in [2.05, 4.69) is 24.0 Å². The van der Waals surface area contributed by atoms with Crippen molar-refractivity contribution >= 4 is 11.9 Å². The molecule has 7 heteroatoms. The van der Waals surface area contributed by atoms with Gasteiger partial charge in [-0.3, -0.25) is 4.79 Å². The molecule has 0 bridgehead atoms. The van der Waals surface area contributed by atoms with Crippen LogP contribution in [0.4, 0.5) is 5.95 Å². The van der Waals surface area contributed by atoms with E-state index >= 15 is 0 Å². The predicted molar refractivity (Wildman–Crippen MR) is 109 cm³/mol. The third-order valence-corrected chi connectivity index (χ3v) is 5.54. The summed E-state index contributed by atoms with van der Waals surface area (Å²) in [4.78, 5) is 26.5. The van der Waals surface area contributed by atoms with Crippen molar-refractivity contribution in [3.8, 4) is 11.3 Å². The number of carbonyl (C=O) groups is 1. The number of piperidine rings is 1. The van der Waals surface area contributed by atoms with Crippen LogP contribution in [0.5, 0.6) is 0 Å². The molecule has 1 aliphatic rings. The molecule has 0 saturated carbocycles. The molecule has 1 atom stereocenters. The highest BCUT2D eigenvalue weighted by atomic mass is 16.5. The molecule has 2 aromatic heterocycles. The topological polar surface area (TPSA) is 75.4 Å². The number of amides is 1. The zero-order valence-corrected chi connectivity index (χ0v) is 17.6. The average molecular weight is 386 g/mol. The maximum atomic E-state index is 13.3. The Morgan fingerprint density at radius 1 is 1.32 bits per heavy atom. The van der Waals surface area contributed by atoms with Crippen molar-refractivity contribution in [2.75, 3.05) is 25.5 Å². The van der Waals surface area contributed by atoms with Crippen LogP contribution in [0, 0.1) is 12.8 Å². The average Bonchev–Trinajstić information content (AvgIpc) is 3.14. The quantitative estimate of drug-likeness (QED) is 0.748. The van der Waals surface area contributed by atoms with E-state index in [1.807, 2.05) is 36.9 Å². The third-order valence-electron chi connectivity index (χ3n) is 5.54. The van der Waals surface area contributed by atoms with Crippen molar-refractivity contribution in [2.24, 2.45) is 5.92 Å². The van der Waals surface area contributed by atoms with Crippen LogP contribution in [0.1, 0.15) is 63.4 Å². The molecule has 1 aliphatic heterocycles. The fourth-order valence-electron chi connectivity index (χ4n) is 3.89. The van der Waals surface area contributed by atoms with Crippen LogP contribution < -0.4 is 4.90 Å². The lowest BCUT2D eigenvalue weighted by Gasteiger charge is -2.38. The van der Waals surface area contributed by atoms with Crippen molar-refractivity contribution in [3.05, 3.63) is 23.7 Å². The molecule has 2 aromatic rings. The number of nitrogens with zero attached hydrogens (tertiary/aromatic N) is 5. The number of hydrogen-bond donors (Lipinski definition) is 0. The molecule has 3 rings (SSSR count). The standard InChI is InChI=1S/C21H31N5O2/c1-6-15(7-2)20(27)26-11-9-8-10-17(26)19-16(18-12-14(3)24-28-18)13-22-21(23-19)25(4)5/h12-13,15,17H,6-11H2,1-5H3/t17-/m0/s1. The monoisotopic (exact) mass is 385 g/mol. The minimum atomic E-state index is -0.0658. The number of anilines is 1. The molecule has 0 radical (unpaired) electrons. The van der Waals surface area contributed by atoms with Crippen molar-refractivity contribution in [1.29, 1.82) is 0 Å². The van der Waals surface area contributed by atoms with Gasteiger partial charge in [-0.1, -0.05) is 19.0 Å². The van der Waals surface area contributed by atoms with Crippen LogP contribution >= 0.6 is 0 Å². The first-order valence-electron chi connectivity index (χ1n) is 10.2. The van der Waals surface area contributed by atoms with E-state index in [9.17, 15) is 4.79 Å². The third kappa shape index (κ3) is 4.03. The predicted octanol–water partition coefficient (Wildman–Crippen LogP) is 4.00. The van der Waals surface area contributed by atoms with Gasteiger partial charge in [-0.15, -0.1) is 0 Å². The highest BCUT2D eigenvalue weighted by Gasteiger charge is 2.34. The Kier molecular flexibility index (Phi) is 6.31. The Bertz CT molecular complexity index is 813. The molecule has 28 heavy (non-hydrogen) atoms. The number of rotatable bonds is 6. The molecular formula is C21H31N5O2. The van der Waals surface area contributed by atoms with Crippen LogP contribution in [-0.2, 0) is 4.79 Å². The molecule has 1 fully saturated rings. The van der Waals surface area contributed by atoms with Gasteiger partial charge in [0.25, 0.3) is 0 Å². The van der Waals surface area contributed by atoms with E-state index in [-0.39, 0.29) is 17.9 Å². The summed E-state index contributed by atoms with van der Waals surface area (Å²) < 4.78 is 5.52. The summed E-state index contributed by atoms with van der Waals surface area (Å²) in [6, 6.07) is 1.83. The molecule has 0 spiro atoms. The summed E-state index contributed by atoms with van der Waals surface area (Å²) in [5.74, 6) is 1.58. The molecule has 0 N–H and O–H groups in total. The summed E-state index contributed by atoms with van der Waals surface area (Å²) in [7, 11) is 3.84. The molecule has 7 nitrogen and oxygen atoms in total. The first-order valence-corrected chi connectivity index (χ1v) is 10.2. The van der Waals surface area contributed by atoms with E-state index in [1.165, 1.54) is 0 Å². The first-order chi connectivity index (χ1) is 13.5. The number of carbonyl (C=O) groups excluding carboxylic acids is 1. The van der Waals surface area contributed by atoms with E-state index in [1.54, 1.807) is 6.20 Å². The zero-order chi connectivity index (χ0) is 20.3. The second-order valence-electron chi connectivity index (χ2n) is 7.75. The summed E-state index contributed by atoms with van der Waals surface area (Å²) in [6.45, 7) is 6.84. The van der Waals surface area contributed by atoms with Gasteiger partial charge in [0.1, 0.15) is 0 Å². The van der Waals surface area contributed by atoms with Gasteiger partial charge in [-0.2, -0.15) is 0 Å². The van der Waals surface area contributed by atoms with Gasteiger partial charge in [0, 0.05) is 38.8 Å². The Balaban J connectivity index is 2.07. The summed E-state index contributed by atoms with van der Waals surface area (Å²) in [6.07, 6.45) is 6.53. The van der Waals surface area contributed by atoms with E-state index in [0.29, 0.717) is 11.7 Å². The molecule has 152 valence electrons. The van der Waals surface area contributed by atoms with Crippen LogP contribution in [0.2, 0.25) is 0 Å². The van der Waals surface area contributed by atoms with Gasteiger partial charge in [-0.05, 0) is 39.0 Å². The summed E-state index contributed by atoms with van der Waals surface area (Å²) >= 11 is 0. The number of likely N-dealkylation sites (tertiary alicyclic amines) is 1.